The first-order chi connectivity index (χ1) is 6.75. The van der Waals surface area contributed by atoms with Gasteiger partial charge in [-0.3, -0.25) is 9.00 Å². The number of hydrogen-bond acceptors (Lipinski definition) is 3. The van der Waals surface area contributed by atoms with E-state index in [2.05, 4.69) is 5.32 Å². The van der Waals surface area contributed by atoms with Gasteiger partial charge in [-0.25, -0.2) is 0 Å². The molecule has 0 saturated carbocycles. The van der Waals surface area contributed by atoms with Crippen LogP contribution in [0.25, 0.3) is 0 Å². The molecule has 5 heteroatoms. The molecule has 1 unspecified atom stereocenters. The Bertz CT molecular complexity index is 236. The van der Waals surface area contributed by atoms with E-state index in [1.54, 1.807) is 6.26 Å². The highest BCUT2D eigenvalue weighted by Crippen LogP contribution is 2.16. The summed E-state index contributed by atoms with van der Waals surface area (Å²) in [6, 6.07) is -0.496. The van der Waals surface area contributed by atoms with Crippen LogP contribution in [0.3, 0.4) is 0 Å². The number of hydrogen-bond donors (Lipinski definition) is 2. The lowest BCUT2D eigenvalue weighted by molar-refractivity contribution is -0.124. The lowest BCUT2D eigenvalue weighted by Crippen LogP contribution is -2.48. The Labute approximate surface area is 94.4 Å². The largest absolute Gasteiger partial charge is 0.355 e. The molecule has 0 bridgehead atoms. The van der Waals surface area contributed by atoms with Gasteiger partial charge in [0.2, 0.25) is 5.91 Å². The number of carbonyl (C=O) groups excluding carboxylic acids is 1. The molecular weight excluding hydrogens is 212 g/mol. The highest BCUT2D eigenvalue weighted by atomic mass is 32.2. The molecule has 4 nitrogen and oxygen atoms in total. The second kappa shape index (κ2) is 6.23. The van der Waals surface area contributed by atoms with Crippen molar-refractivity contribution in [3.63, 3.8) is 0 Å². The Morgan fingerprint density at radius 3 is 2.40 bits per heavy atom. The second-order valence-electron chi connectivity index (χ2n) is 4.77. The number of rotatable bonds is 5. The molecule has 2 atom stereocenters. The predicted molar refractivity (Wildman–Crippen MR) is 64.0 cm³/mol. The fourth-order valence-corrected chi connectivity index (χ4v) is 1.54. The van der Waals surface area contributed by atoms with Crippen LogP contribution in [0, 0.1) is 5.41 Å². The van der Waals surface area contributed by atoms with Gasteiger partial charge in [-0.1, -0.05) is 20.8 Å². The zero-order valence-corrected chi connectivity index (χ0v) is 10.8. The number of nitrogens with two attached hydrogens (primary N) is 1. The summed E-state index contributed by atoms with van der Waals surface area (Å²) >= 11 is 0. The first-order valence-corrected chi connectivity index (χ1v) is 6.81. The smallest absolute Gasteiger partial charge is 0.237 e. The molecule has 0 aromatic rings. The minimum absolute atomic E-state index is 0.135. The molecule has 90 valence electrons. The second-order valence-corrected chi connectivity index (χ2v) is 6.32. The molecule has 15 heavy (non-hydrogen) atoms. The highest BCUT2D eigenvalue weighted by molar-refractivity contribution is 7.84. The quantitative estimate of drug-likeness (QED) is 0.670. The van der Waals surface area contributed by atoms with Crippen LogP contribution in [-0.4, -0.2) is 34.7 Å². The molecule has 1 amide bonds. The standard InChI is InChI=1S/C10H22N2O2S/c1-10(2,3)8(11)9(13)12-6-5-7-15(4)14/h8H,5-7,11H2,1-4H3,(H,12,13)/t8-,15?/m1/s1. The van der Waals surface area contributed by atoms with Crippen LogP contribution in [0.2, 0.25) is 0 Å². The summed E-state index contributed by atoms with van der Waals surface area (Å²) in [6.07, 6.45) is 2.38. The van der Waals surface area contributed by atoms with E-state index >= 15 is 0 Å². The first-order valence-electron chi connectivity index (χ1n) is 5.08. The van der Waals surface area contributed by atoms with Crippen molar-refractivity contribution in [1.82, 2.24) is 5.32 Å². The molecule has 0 spiro atoms. The van der Waals surface area contributed by atoms with Crippen LogP contribution in [-0.2, 0) is 15.6 Å². The van der Waals surface area contributed by atoms with Gasteiger partial charge in [0, 0.05) is 29.4 Å². The van der Waals surface area contributed by atoms with Crippen molar-refractivity contribution in [2.45, 2.75) is 33.2 Å². The summed E-state index contributed by atoms with van der Waals surface area (Å²) in [7, 11) is -0.791. The van der Waals surface area contributed by atoms with E-state index in [4.69, 9.17) is 5.73 Å². The van der Waals surface area contributed by atoms with Gasteiger partial charge in [-0.2, -0.15) is 0 Å². The Morgan fingerprint density at radius 2 is 2.00 bits per heavy atom. The Morgan fingerprint density at radius 1 is 1.47 bits per heavy atom. The maximum absolute atomic E-state index is 11.5. The summed E-state index contributed by atoms with van der Waals surface area (Å²) in [5.41, 5.74) is 5.54. The molecule has 0 fully saturated rings. The molecule has 0 rings (SSSR count). The number of amides is 1. The van der Waals surface area contributed by atoms with E-state index in [0.717, 1.165) is 6.42 Å². The molecular formula is C10H22N2O2S. The van der Waals surface area contributed by atoms with Gasteiger partial charge in [0.15, 0.2) is 0 Å². The van der Waals surface area contributed by atoms with Crippen LogP contribution >= 0.6 is 0 Å². The highest BCUT2D eigenvalue weighted by Gasteiger charge is 2.26. The molecule has 3 N–H and O–H groups in total. The Hall–Kier alpha value is -0.420. The van der Waals surface area contributed by atoms with Crippen LogP contribution in [0.15, 0.2) is 0 Å². The van der Waals surface area contributed by atoms with Gasteiger partial charge >= 0.3 is 0 Å². The minimum Gasteiger partial charge on any atom is -0.355 e. The van der Waals surface area contributed by atoms with Crippen molar-refractivity contribution in [1.29, 1.82) is 0 Å². The topological polar surface area (TPSA) is 72.2 Å². The maximum Gasteiger partial charge on any atom is 0.237 e. The van der Waals surface area contributed by atoms with Crippen LogP contribution < -0.4 is 11.1 Å². The average Bonchev–Trinajstić information content (AvgIpc) is 2.09. The molecule has 0 aliphatic heterocycles. The monoisotopic (exact) mass is 234 g/mol. The lowest BCUT2D eigenvalue weighted by atomic mass is 9.87. The van der Waals surface area contributed by atoms with E-state index < -0.39 is 16.8 Å². The summed E-state index contributed by atoms with van der Waals surface area (Å²) in [5.74, 6) is 0.481. The van der Waals surface area contributed by atoms with Crippen LogP contribution in [0.4, 0.5) is 0 Å². The van der Waals surface area contributed by atoms with E-state index in [-0.39, 0.29) is 11.3 Å². The molecule has 0 aromatic carbocycles. The molecule has 0 radical (unpaired) electrons. The third kappa shape index (κ3) is 6.62. The molecule has 0 aliphatic carbocycles. The van der Waals surface area contributed by atoms with E-state index in [1.165, 1.54) is 0 Å². The number of nitrogens with one attached hydrogen (secondary N) is 1. The van der Waals surface area contributed by atoms with Crippen molar-refractivity contribution in [2.75, 3.05) is 18.6 Å². The van der Waals surface area contributed by atoms with Gasteiger partial charge in [0.25, 0.3) is 0 Å². The fourth-order valence-electron chi connectivity index (χ4n) is 0.990. The molecule has 0 heterocycles. The van der Waals surface area contributed by atoms with E-state index in [9.17, 15) is 9.00 Å². The SMILES string of the molecule is CS(=O)CCCNC(=O)[C@@H](N)C(C)(C)C. The maximum atomic E-state index is 11.5. The Kier molecular flexibility index (Phi) is 6.05. The van der Waals surface area contributed by atoms with Gasteiger partial charge in [0.1, 0.15) is 0 Å². The summed E-state index contributed by atoms with van der Waals surface area (Å²) in [4.78, 5) is 11.5. The first kappa shape index (κ1) is 14.6. The van der Waals surface area contributed by atoms with Gasteiger partial charge in [-0.05, 0) is 11.8 Å². The van der Waals surface area contributed by atoms with E-state index in [0.29, 0.717) is 12.3 Å². The average molecular weight is 234 g/mol. The van der Waals surface area contributed by atoms with Gasteiger partial charge in [-0.15, -0.1) is 0 Å². The van der Waals surface area contributed by atoms with Crippen LogP contribution in [0.5, 0.6) is 0 Å². The summed E-state index contributed by atoms with van der Waals surface area (Å²) in [6.45, 7) is 6.33. The predicted octanol–water partition coefficient (Wildman–Crippen LogP) is 0.245. The summed E-state index contributed by atoms with van der Waals surface area (Å²) in [5, 5.41) is 2.75. The van der Waals surface area contributed by atoms with Crippen molar-refractivity contribution in [3.05, 3.63) is 0 Å². The molecule has 0 saturated heterocycles. The van der Waals surface area contributed by atoms with Gasteiger partial charge in [0.05, 0.1) is 6.04 Å². The normalized spacial score (nSPS) is 15.8. The van der Waals surface area contributed by atoms with E-state index in [1.807, 2.05) is 20.8 Å². The van der Waals surface area contributed by atoms with Crippen molar-refractivity contribution >= 4 is 16.7 Å². The van der Waals surface area contributed by atoms with Gasteiger partial charge < -0.3 is 11.1 Å². The van der Waals surface area contributed by atoms with Crippen molar-refractivity contribution < 1.29 is 9.00 Å². The zero-order valence-electron chi connectivity index (χ0n) is 10.0. The molecule has 0 aliphatic rings. The third-order valence-corrected chi connectivity index (χ3v) is 2.99. The Balaban J connectivity index is 3.80. The van der Waals surface area contributed by atoms with Crippen molar-refractivity contribution in [2.24, 2.45) is 11.1 Å². The zero-order chi connectivity index (χ0) is 12.1. The van der Waals surface area contributed by atoms with Crippen molar-refractivity contribution in [3.8, 4) is 0 Å². The third-order valence-electron chi connectivity index (χ3n) is 2.12. The van der Waals surface area contributed by atoms with Crippen LogP contribution in [0.1, 0.15) is 27.2 Å². The number of carbonyl (C=O) groups is 1. The summed E-state index contributed by atoms with van der Waals surface area (Å²) < 4.78 is 10.8. The lowest BCUT2D eigenvalue weighted by Gasteiger charge is -2.25. The minimum atomic E-state index is -0.791. The molecule has 0 aromatic heterocycles. The fraction of sp³-hybridized carbons (Fsp3) is 0.900.